The van der Waals surface area contributed by atoms with Gasteiger partial charge in [-0.1, -0.05) is 36.4 Å². The molecule has 0 heterocycles. The topological polar surface area (TPSA) is 99.1 Å². The lowest BCUT2D eigenvalue weighted by atomic mass is 10.1. The Bertz CT molecular complexity index is 851. The zero-order chi connectivity index (χ0) is 19.8. The smallest absolute Gasteiger partial charge is 0.345 e. The Balaban J connectivity index is 2.33. The van der Waals surface area contributed by atoms with Crippen LogP contribution in [0.4, 0.5) is 0 Å². The van der Waals surface area contributed by atoms with Gasteiger partial charge in [0.25, 0.3) is 0 Å². The Morgan fingerprint density at radius 2 is 1.59 bits per heavy atom. The second-order valence-corrected chi connectivity index (χ2v) is 5.38. The van der Waals surface area contributed by atoms with Crippen LogP contribution >= 0.6 is 0 Å². The minimum absolute atomic E-state index is 0.103. The first-order valence-electron chi connectivity index (χ1n) is 7.88. The molecule has 0 unspecified atom stereocenters. The third-order valence-corrected chi connectivity index (χ3v) is 3.59. The first-order chi connectivity index (χ1) is 13.0. The van der Waals surface area contributed by atoms with E-state index in [2.05, 4.69) is 9.47 Å². The summed E-state index contributed by atoms with van der Waals surface area (Å²) in [6, 6.07) is 13.6. The molecule has 0 aliphatic heterocycles. The van der Waals surface area contributed by atoms with Gasteiger partial charge in [0.1, 0.15) is 23.5 Å². The molecule has 0 saturated heterocycles. The molecule has 0 atom stereocenters. The monoisotopic (exact) mass is 370 g/mol. The van der Waals surface area contributed by atoms with E-state index in [0.717, 1.165) is 19.8 Å². The molecule has 2 rings (SSSR count). The van der Waals surface area contributed by atoms with E-state index in [4.69, 9.17) is 4.74 Å². The fourth-order valence-corrected chi connectivity index (χ4v) is 2.25. The van der Waals surface area contributed by atoms with Crippen LogP contribution in [0.1, 0.15) is 21.5 Å². The lowest BCUT2D eigenvalue weighted by Gasteiger charge is -2.10. The highest BCUT2D eigenvalue weighted by Crippen LogP contribution is 2.23. The number of hydrogen-bond donors (Lipinski definition) is 1. The zero-order valence-electron chi connectivity index (χ0n) is 14.8. The lowest BCUT2D eigenvalue weighted by molar-refractivity contribution is -0.143. The van der Waals surface area contributed by atoms with Gasteiger partial charge >= 0.3 is 17.9 Å². The standard InChI is InChI=1S/C20H18O7/c1-25-19(23)16(20(24)26-2)11-14-8-9-17(15(10-14)18(21)22)27-12-13-6-4-3-5-7-13/h3-11H,12H2,1-2H3,(H,21,22). The molecular weight excluding hydrogens is 352 g/mol. The molecule has 7 heteroatoms. The highest BCUT2D eigenvalue weighted by Gasteiger charge is 2.20. The third kappa shape index (κ3) is 5.18. The molecule has 0 amide bonds. The third-order valence-electron chi connectivity index (χ3n) is 3.59. The summed E-state index contributed by atoms with van der Waals surface area (Å²) in [6.45, 7) is 0.200. The summed E-state index contributed by atoms with van der Waals surface area (Å²) < 4.78 is 14.7. The van der Waals surface area contributed by atoms with Gasteiger partial charge in [-0.25, -0.2) is 14.4 Å². The van der Waals surface area contributed by atoms with E-state index in [-0.39, 0.29) is 23.5 Å². The summed E-state index contributed by atoms with van der Waals surface area (Å²) in [4.78, 5) is 35.0. The van der Waals surface area contributed by atoms with Gasteiger partial charge in [-0.15, -0.1) is 0 Å². The molecular formula is C20H18O7. The van der Waals surface area contributed by atoms with Gasteiger partial charge in [0.2, 0.25) is 0 Å². The van der Waals surface area contributed by atoms with Crippen molar-refractivity contribution in [2.75, 3.05) is 14.2 Å². The summed E-state index contributed by atoms with van der Waals surface area (Å²) in [5.41, 5.74) is 0.741. The molecule has 1 N–H and O–H groups in total. The number of carbonyl (C=O) groups excluding carboxylic acids is 2. The van der Waals surface area contributed by atoms with E-state index < -0.39 is 17.9 Å². The van der Waals surface area contributed by atoms with Crippen molar-refractivity contribution in [1.82, 2.24) is 0 Å². The number of methoxy groups -OCH3 is 2. The van der Waals surface area contributed by atoms with Crippen LogP contribution in [-0.2, 0) is 25.7 Å². The minimum Gasteiger partial charge on any atom is -0.488 e. The van der Waals surface area contributed by atoms with E-state index in [1.807, 2.05) is 30.3 Å². The number of rotatable bonds is 7. The van der Waals surface area contributed by atoms with E-state index in [1.54, 1.807) is 0 Å². The number of benzene rings is 2. The van der Waals surface area contributed by atoms with Crippen molar-refractivity contribution < 1.29 is 33.7 Å². The van der Waals surface area contributed by atoms with Crippen molar-refractivity contribution in [3.05, 3.63) is 70.8 Å². The predicted octanol–water partition coefficient (Wildman–Crippen LogP) is 2.69. The summed E-state index contributed by atoms with van der Waals surface area (Å²) in [5, 5.41) is 9.45. The van der Waals surface area contributed by atoms with E-state index >= 15 is 0 Å². The first kappa shape index (κ1) is 19.7. The van der Waals surface area contributed by atoms with Gasteiger partial charge in [-0.3, -0.25) is 0 Å². The van der Waals surface area contributed by atoms with Gasteiger partial charge in [0, 0.05) is 0 Å². The molecule has 7 nitrogen and oxygen atoms in total. The van der Waals surface area contributed by atoms with E-state index in [9.17, 15) is 19.5 Å². The summed E-state index contributed by atoms with van der Waals surface area (Å²) in [5.74, 6) is -2.81. The highest BCUT2D eigenvalue weighted by molar-refractivity contribution is 6.17. The maximum atomic E-state index is 11.7. The number of carboxylic acid groups (broad SMARTS) is 1. The number of carboxylic acids is 1. The summed E-state index contributed by atoms with van der Waals surface area (Å²) in [7, 11) is 2.25. The fraction of sp³-hybridized carbons (Fsp3) is 0.150. The Morgan fingerprint density at radius 1 is 0.963 bits per heavy atom. The van der Waals surface area contributed by atoms with E-state index in [1.165, 1.54) is 24.3 Å². The van der Waals surface area contributed by atoms with Crippen LogP contribution in [0.3, 0.4) is 0 Å². The van der Waals surface area contributed by atoms with Crippen LogP contribution in [0.2, 0.25) is 0 Å². The first-order valence-corrected chi connectivity index (χ1v) is 7.88. The van der Waals surface area contributed by atoms with Gasteiger partial charge in [0.15, 0.2) is 0 Å². The van der Waals surface area contributed by atoms with Crippen LogP contribution in [0.5, 0.6) is 5.75 Å². The molecule has 0 aromatic heterocycles. The number of esters is 2. The van der Waals surface area contributed by atoms with Crippen molar-refractivity contribution in [3.8, 4) is 5.75 Å². The van der Waals surface area contributed by atoms with Gasteiger partial charge < -0.3 is 19.3 Å². The Morgan fingerprint density at radius 3 is 2.15 bits per heavy atom. The summed E-state index contributed by atoms with van der Waals surface area (Å²) in [6.07, 6.45) is 1.20. The van der Waals surface area contributed by atoms with Crippen molar-refractivity contribution >= 4 is 24.0 Å². The second-order valence-electron chi connectivity index (χ2n) is 5.38. The van der Waals surface area contributed by atoms with Crippen molar-refractivity contribution in [3.63, 3.8) is 0 Å². The highest BCUT2D eigenvalue weighted by atomic mass is 16.5. The van der Waals surface area contributed by atoms with Crippen molar-refractivity contribution in [2.45, 2.75) is 6.61 Å². The van der Waals surface area contributed by atoms with Crippen LogP contribution < -0.4 is 4.74 Å². The molecule has 27 heavy (non-hydrogen) atoms. The summed E-state index contributed by atoms with van der Waals surface area (Å²) >= 11 is 0. The average molecular weight is 370 g/mol. The normalized spacial score (nSPS) is 9.85. The molecule has 0 fully saturated rings. The van der Waals surface area contributed by atoms with E-state index in [0.29, 0.717) is 5.56 Å². The Labute approximate surface area is 155 Å². The van der Waals surface area contributed by atoms with Crippen LogP contribution in [0, 0.1) is 0 Å². The SMILES string of the molecule is COC(=O)C(=Cc1ccc(OCc2ccccc2)c(C(=O)O)c1)C(=O)OC. The maximum Gasteiger partial charge on any atom is 0.345 e. The second kappa shape index (κ2) is 9.19. The zero-order valence-corrected chi connectivity index (χ0v) is 14.8. The molecule has 0 radical (unpaired) electrons. The number of ether oxygens (including phenoxy) is 3. The molecule has 0 aliphatic carbocycles. The number of aromatic carboxylic acids is 1. The number of hydrogen-bond acceptors (Lipinski definition) is 6. The van der Waals surface area contributed by atoms with Crippen LogP contribution in [0.15, 0.2) is 54.1 Å². The van der Waals surface area contributed by atoms with Crippen molar-refractivity contribution in [2.24, 2.45) is 0 Å². The van der Waals surface area contributed by atoms with Crippen LogP contribution in [0.25, 0.3) is 6.08 Å². The molecule has 140 valence electrons. The molecule has 2 aromatic rings. The van der Waals surface area contributed by atoms with Crippen LogP contribution in [-0.4, -0.2) is 37.2 Å². The lowest BCUT2D eigenvalue weighted by Crippen LogP contribution is -2.15. The van der Waals surface area contributed by atoms with Gasteiger partial charge in [-0.2, -0.15) is 0 Å². The molecule has 0 bridgehead atoms. The Kier molecular flexibility index (Phi) is 6.71. The van der Waals surface area contributed by atoms with Gasteiger partial charge in [0.05, 0.1) is 14.2 Å². The van der Waals surface area contributed by atoms with Crippen molar-refractivity contribution in [1.29, 1.82) is 0 Å². The minimum atomic E-state index is -1.20. The number of carbonyl (C=O) groups is 3. The maximum absolute atomic E-state index is 11.7. The molecule has 0 aliphatic rings. The predicted molar refractivity (Wildman–Crippen MR) is 96.2 cm³/mol. The largest absolute Gasteiger partial charge is 0.488 e. The average Bonchev–Trinajstić information content (AvgIpc) is 2.70. The fourth-order valence-electron chi connectivity index (χ4n) is 2.25. The molecule has 0 spiro atoms. The molecule has 2 aromatic carbocycles. The Hall–Kier alpha value is -3.61. The van der Waals surface area contributed by atoms with Gasteiger partial charge in [-0.05, 0) is 29.3 Å². The molecule has 0 saturated carbocycles. The quantitative estimate of drug-likeness (QED) is 0.346.